The van der Waals surface area contributed by atoms with Gasteiger partial charge in [-0.25, -0.2) is 4.98 Å². The van der Waals surface area contributed by atoms with Gasteiger partial charge in [0.1, 0.15) is 5.65 Å². The van der Waals surface area contributed by atoms with Gasteiger partial charge in [-0.3, -0.25) is 4.40 Å². The van der Waals surface area contributed by atoms with Gasteiger partial charge in [0.05, 0.1) is 5.52 Å². The number of nitrogen functional groups attached to an aromatic ring is 1. The van der Waals surface area contributed by atoms with Crippen LogP contribution in [0.15, 0.2) is 42.7 Å². The second-order valence-electron chi connectivity index (χ2n) is 3.31. The molecule has 0 spiro atoms. The van der Waals surface area contributed by atoms with Crippen LogP contribution in [-0.4, -0.2) is 9.38 Å². The van der Waals surface area contributed by atoms with Crippen molar-refractivity contribution < 1.29 is 0 Å². The Labute approximate surface area is 80.8 Å². The molecule has 2 aromatic heterocycles. The Balaban J connectivity index is 2.57. The maximum atomic E-state index is 5.72. The number of anilines is 1. The summed E-state index contributed by atoms with van der Waals surface area (Å²) < 4.78 is 2.05. The van der Waals surface area contributed by atoms with Crippen molar-refractivity contribution in [3.8, 4) is 0 Å². The molecule has 1 aromatic carbocycles. The fourth-order valence-corrected chi connectivity index (χ4v) is 1.73. The number of imidazole rings is 1. The fourth-order valence-electron chi connectivity index (χ4n) is 1.73. The summed E-state index contributed by atoms with van der Waals surface area (Å²) in [7, 11) is 0. The number of nitrogens with zero attached hydrogens (tertiary/aromatic N) is 2. The zero-order valence-electron chi connectivity index (χ0n) is 7.51. The first-order valence-corrected chi connectivity index (χ1v) is 4.46. The molecule has 14 heavy (non-hydrogen) atoms. The van der Waals surface area contributed by atoms with E-state index in [1.54, 1.807) is 6.20 Å². The van der Waals surface area contributed by atoms with Gasteiger partial charge < -0.3 is 5.73 Å². The number of benzene rings is 1. The SMILES string of the molecule is Nc1ccc2c(ccc3nccn32)c1. The van der Waals surface area contributed by atoms with Crippen LogP contribution in [0.25, 0.3) is 16.6 Å². The number of pyridine rings is 1. The summed E-state index contributed by atoms with van der Waals surface area (Å²) >= 11 is 0. The van der Waals surface area contributed by atoms with Crippen molar-refractivity contribution >= 4 is 22.2 Å². The van der Waals surface area contributed by atoms with Crippen molar-refractivity contribution in [3.05, 3.63) is 42.7 Å². The molecule has 3 aromatic rings. The molecular weight excluding hydrogens is 174 g/mol. The number of nitrogens with two attached hydrogens (primary N) is 1. The summed E-state index contributed by atoms with van der Waals surface area (Å²) in [5.41, 5.74) is 8.60. The molecule has 0 aliphatic heterocycles. The zero-order chi connectivity index (χ0) is 9.54. The Morgan fingerprint density at radius 1 is 1.14 bits per heavy atom. The summed E-state index contributed by atoms with van der Waals surface area (Å²) in [5, 5.41) is 1.13. The molecule has 0 aliphatic rings. The van der Waals surface area contributed by atoms with Crippen LogP contribution in [0.1, 0.15) is 0 Å². The van der Waals surface area contributed by atoms with E-state index in [1.807, 2.05) is 36.5 Å². The Bertz CT molecular complexity index is 610. The summed E-state index contributed by atoms with van der Waals surface area (Å²) in [5.74, 6) is 0. The third-order valence-electron chi connectivity index (χ3n) is 2.39. The van der Waals surface area contributed by atoms with Crippen molar-refractivity contribution in [3.63, 3.8) is 0 Å². The molecule has 3 heteroatoms. The van der Waals surface area contributed by atoms with Gasteiger partial charge in [0.25, 0.3) is 0 Å². The maximum absolute atomic E-state index is 5.72. The van der Waals surface area contributed by atoms with Crippen LogP contribution in [0.4, 0.5) is 5.69 Å². The largest absolute Gasteiger partial charge is 0.399 e. The van der Waals surface area contributed by atoms with Gasteiger partial charge in [0.15, 0.2) is 0 Å². The van der Waals surface area contributed by atoms with Gasteiger partial charge >= 0.3 is 0 Å². The van der Waals surface area contributed by atoms with Crippen molar-refractivity contribution in [1.82, 2.24) is 9.38 Å². The highest BCUT2D eigenvalue weighted by molar-refractivity contribution is 5.84. The van der Waals surface area contributed by atoms with Crippen LogP contribution < -0.4 is 5.73 Å². The van der Waals surface area contributed by atoms with E-state index in [1.165, 1.54) is 0 Å². The average molecular weight is 183 g/mol. The quantitative estimate of drug-likeness (QED) is 0.542. The van der Waals surface area contributed by atoms with Gasteiger partial charge in [-0.05, 0) is 30.3 Å². The summed E-state index contributed by atoms with van der Waals surface area (Å²) in [6.07, 6.45) is 3.75. The molecule has 0 fully saturated rings. The smallest absolute Gasteiger partial charge is 0.137 e. The molecular formula is C11H9N3. The minimum atomic E-state index is 0.789. The van der Waals surface area contributed by atoms with Crippen LogP contribution in [-0.2, 0) is 0 Å². The molecule has 2 N–H and O–H groups in total. The lowest BCUT2D eigenvalue weighted by molar-refractivity contribution is 1.26. The third kappa shape index (κ3) is 0.893. The normalized spacial score (nSPS) is 11.1. The van der Waals surface area contributed by atoms with Crippen molar-refractivity contribution in [2.45, 2.75) is 0 Å². The lowest BCUT2D eigenvalue weighted by atomic mass is 10.2. The topological polar surface area (TPSA) is 43.3 Å². The lowest BCUT2D eigenvalue weighted by Gasteiger charge is -2.02. The van der Waals surface area contributed by atoms with Crippen molar-refractivity contribution in [2.75, 3.05) is 5.73 Å². The Morgan fingerprint density at radius 3 is 3.00 bits per heavy atom. The van der Waals surface area contributed by atoms with Gasteiger partial charge in [-0.15, -0.1) is 0 Å². The number of hydrogen-bond donors (Lipinski definition) is 1. The second kappa shape index (κ2) is 2.48. The number of aromatic nitrogens is 2. The molecule has 0 aliphatic carbocycles. The molecule has 0 saturated carbocycles. The molecule has 3 rings (SSSR count). The summed E-state index contributed by atoms with van der Waals surface area (Å²) in [6, 6.07) is 9.91. The predicted octanol–water partition coefficient (Wildman–Crippen LogP) is 2.07. The van der Waals surface area contributed by atoms with Crippen molar-refractivity contribution in [1.29, 1.82) is 0 Å². The standard InChI is InChI=1S/C11H9N3/c12-9-2-3-10-8(7-9)1-4-11-13-5-6-14(10)11/h1-7H,12H2. The minimum Gasteiger partial charge on any atom is -0.399 e. The number of rotatable bonds is 0. The molecule has 68 valence electrons. The van der Waals surface area contributed by atoms with Gasteiger partial charge in [0.2, 0.25) is 0 Å². The van der Waals surface area contributed by atoms with Gasteiger partial charge in [-0.1, -0.05) is 0 Å². The fraction of sp³-hybridized carbons (Fsp3) is 0. The zero-order valence-corrected chi connectivity index (χ0v) is 7.51. The molecule has 2 heterocycles. The Morgan fingerprint density at radius 2 is 2.07 bits per heavy atom. The third-order valence-corrected chi connectivity index (χ3v) is 2.39. The van der Waals surface area contributed by atoms with E-state index in [-0.39, 0.29) is 0 Å². The highest BCUT2D eigenvalue weighted by Gasteiger charge is 1.99. The van der Waals surface area contributed by atoms with Crippen molar-refractivity contribution in [2.24, 2.45) is 0 Å². The average Bonchev–Trinajstić information content (AvgIpc) is 2.65. The first-order chi connectivity index (χ1) is 6.84. The Kier molecular flexibility index (Phi) is 1.31. The molecule has 0 atom stereocenters. The highest BCUT2D eigenvalue weighted by Crippen LogP contribution is 2.18. The van der Waals surface area contributed by atoms with Crippen LogP contribution in [0, 0.1) is 0 Å². The van der Waals surface area contributed by atoms with Gasteiger partial charge in [0, 0.05) is 23.5 Å². The number of fused-ring (bicyclic) bond motifs is 3. The van der Waals surface area contributed by atoms with E-state index >= 15 is 0 Å². The second-order valence-corrected chi connectivity index (χ2v) is 3.31. The van der Waals surface area contributed by atoms with Crippen LogP contribution >= 0.6 is 0 Å². The van der Waals surface area contributed by atoms with Crippen LogP contribution in [0.5, 0.6) is 0 Å². The van der Waals surface area contributed by atoms with E-state index in [9.17, 15) is 0 Å². The monoisotopic (exact) mass is 183 g/mol. The van der Waals surface area contributed by atoms with Crippen LogP contribution in [0.3, 0.4) is 0 Å². The number of hydrogen-bond acceptors (Lipinski definition) is 2. The van der Waals surface area contributed by atoms with E-state index in [4.69, 9.17) is 5.73 Å². The van der Waals surface area contributed by atoms with Crippen LogP contribution in [0.2, 0.25) is 0 Å². The van der Waals surface area contributed by atoms with E-state index in [0.717, 1.165) is 22.2 Å². The first kappa shape index (κ1) is 7.38. The van der Waals surface area contributed by atoms with E-state index in [2.05, 4.69) is 9.38 Å². The van der Waals surface area contributed by atoms with Gasteiger partial charge in [-0.2, -0.15) is 0 Å². The predicted molar refractivity (Wildman–Crippen MR) is 57.1 cm³/mol. The summed E-state index contributed by atoms with van der Waals surface area (Å²) in [4.78, 5) is 4.22. The molecule has 0 amide bonds. The molecule has 0 radical (unpaired) electrons. The molecule has 0 saturated heterocycles. The highest BCUT2D eigenvalue weighted by atomic mass is 15.0. The minimum absolute atomic E-state index is 0.789. The first-order valence-electron chi connectivity index (χ1n) is 4.46. The molecule has 3 nitrogen and oxygen atoms in total. The summed E-state index contributed by atoms with van der Waals surface area (Å²) in [6.45, 7) is 0. The van der Waals surface area contributed by atoms with E-state index < -0.39 is 0 Å². The lowest BCUT2D eigenvalue weighted by Crippen LogP contribution is -1.89. The molecule has 0 unspecified atom stereocenters. The van der Waals surface area contributed by atoms with E-state index in [0.29, 0.717) is 0 Å². The molecule has 0 bridgehead atoms. The Hall–Kier alpha value is -2.03. The maximum Gasteiger partial charge on any atom is 0.137 e.